The standard InChI is InChI=1S/C41H56F2N6O8/c1-24-17-34-41(56)57-23-31(46-36(51)30(20-27-18-28(42)21-29(43)19-27)45-35(50)14-13-26-9-4-3-5-10-26)39(54)48-16-8-12-33(48)40(55)47-15-7-6-11-32(47)37(52)44-25(2)38(53)49(34)22-24/h18-19,21,24-26,30-34H,3-17,20,22-23H2,1-2H3,(H,44,52)(H,45,50)(H,46,51)/t24-,25+,30+,31+,32+,33+,34+/m1/s1. The van der Waals surface area contributed by atoms with Gasteiger partial charge in [-0.3, -0.25) is 28.8 Å². The predicted molar refractivity (Wildman–Crippen MR) is 202 cm³/mol. The molecule has 4 aliphatic heterocycles. The van der Waals surface area contributed by atoms with Gasteiger partial charge in [0.05, 0.1) is 0 Å². The lowest BCUT2D eigenvalue weighted by Gasteiger charge is -2.39. The van der Waals surface area contributed by atoms with E-state index in [9.17, 15) is 42.3 Å². The van der Waals surface area contributed by atoms with Gasteiger partial charge in [-0.1, -0.05) is 39.0 Å². The van der Waals surface area contributed by atoms with E-state index in [-0.39, 0.29) is 50.4 Å². The van der Waals surface area contributed by atoms with Crippen LogP contribution in [0.15, 0.2) is 18.2 Å². The zero-order valence-electron chi connectivity index (χ0n) is 32.9. The molecule has 0 unspecified atom stereocenters. The highest BCUT2D eigenvalue weighted by Gasteiger charge is 2.46. The number of rotatable bonds is 8. The Labute approximate surface area is 332 Å². The van der Waals surface area contributed by atoms with Gasteiger partial charge >= 0.3 is 5.97 Å². The first kappa shape index (κ1) is 42.0. The Kier molecular flexibility index (Phi) is 13.8. The summed E-state index contributed by atoms with van der Waals surface area (Å²) in [6.07, 6.45) is 8.53. The van der Waals surface area contributed by atoms with Crippen LogP contribution in [0.1, 0.15) is 103 Å². The number of hydrogen-bond acceptors (Lipinski definition) is 8. The maximum absolute atomic E-state index is 14.5. The SMILES string of the molecule is C[C@@H]1C[C@H]2C(=O)OC[C@H](NC(=O)[C@H](Cc3cc(F)cc(F)c3)NC(=O)CCC3CCCCC3)C(=O)N3CCC[C@H]3C(=O)N3CCCC[C@H]3C(=O)N[C@@H](C)C(=O)N2C1. The Hall–Kier alpha value is -4.63. The zero-order valence-corrected chi connectivity index (χ0v) is 32.9. The molecule has 0 radical (unpaired) electrons. The Bertz CT molecular complexity index is 1690. The van der Waals surface area contributed by atoms with Crippen LogP contribution in [0.25, 0.3) is 0 Å². The van der Waals surface area contributed by atoms with Gasteiger partial charge in [0, 0.05) is 38.5 Å². The van der Waals surface area contributed by atoms with Crippen molar-refractivity contribution in [1.29, 1.82) is 0 Å². The van der Waals surface area contributed by atoms with Gasteiger partial charge in [0.15, 0.2) is 0 Å². The number of nitrogens with zero attached hydrogens (tertiary/aromatic N) is 3. The molecular weight excluding hydrogens is 742 g/mol. The van der Waals surface area contributed by atoms with Gasteiger partial charge in [-0.2, -0.15) is 0 Å². The number of ether oxygens (including phenoxy) is 1. The zero-order chi connectivity index (χ0) is 40.8. The third-order valence-electron chi connectivity index (χ3n) is 12.2. The van der Waals surface area contributed by atoms with Crippen LogP contribution in [0.2, 0.25) is 0 Å². The van der Waals surface area contributed by atoms with Crippen molar-refractivity contribution in [3.8, 4) is 0 Å². The Morgan fingerprint density at radius 1 is 0.807 bits per heavy atom. The van der Waals surface area contributed by atoms with Crippen LogP contribution >= 0.6 is 0 Å². The summed E-state index contributed by atoms with van der Waals surface area (Å²) >= 11 is 0. The molecule has 16 heteroatoms. The normalized spacial score (nSPS) is 28.6. The quantitative estimate of drug-likeness (QED) is 0.337. The molecule has 1 aromatic rings. The van der Waals surface area contributed by atoms with E-state index in [0.29, 0.717) is 50.5 Å². The minimum atomic E-state index is -1.53. The summed E-state index contributed by atoms with van der Waals surface area (Å²) in [5.74, 6) is -5.66. The summed E-state index contributed by atoms with van der Waals surface area (Å²) in [5.41, 5.74) is 0.0932. The fourth-order valence-electron chi connectivity index (χ4n) is 9.24. The number of halogens is 2. The second-order valence-electron chi connectivity index (χ2n) is 16.6. The van der Waals surface area contributed by atoms with Crippen molar-refractivity contribution >= 4 is 41.4 Å². The Balaban J connectivity index is 1.28. The van der Waals surface area contributed by atoms with Gasteiger partial charge in [-0.05, 0) is 81.4 Å². The number of carbonyl (C=O) groups excluding carboxylic acids is 7. The molecule has 312 valence electrons. The molecule has 7 atom stereocenters. The topological polar surface area (TPSA) is 175 Å². The number of amides is 6. The van der Waals surface area contributed by atoms with E-state index in [1.165, 1.54) is 21.6 Å². The van der Waals surface area contributed by atoms with Crippen molar-refractivity contribution in [3.63, 3.8) is 0 Å². The summed E-state index contributed by atoms with van der Waals surface area (Å²) in [4.78, 5) is 101. The van der Waals surface area contributed by atoms with E-state index in [1.54, 1.807) is 0 Å². The van der Waals surface area contributed by atoms with E-state index in [2.05, 4.69) is 16.0 Å². The lowest BCUT2D eigenvalue weighted by atomic mass is 9.86. The number of fused-ring (bicyclic) bond motifs is 3. The van der Waals surface area contributed by atoms with Crippen molar-refractivity contribution < 1.29 is 47.1 Å². The van der Waals surface area contributed by atoms with Gasteiger partial charge in [0.2, 0.25) is 35.4 Å². The van der Waals surface area contributed by atoms with Gasteiger partial charge in [-0.15, -0.1) is 0 Å². The van der Waals surface area contributed by atoms with Gasteiger partial charge in [0.25, 0.3) is 0 Å². The molecule has 0 bridgehead atoms. The molecule has 57 heavy (non-hydrogen) atoms. The van der Waals surface area contributed by atoms with Gasteiger partial charge in [0.1, 0.15) is 54.5 Å². The first-order valence-electron chi connectivity index (χ1n) is 20.7. The maximum Gasteiger partial charge on any atom is 0.328 e. The molecule has 0 spiro atoms. The highest BCUT2D eigenvalue weighted by molar-refractivity contribution is 5.97. The highest BCUT2D eigenvalue weighted by Crippen LogP contribution is 2.29. The van der Waals surface area contributed by atoms with Crippen molar-refractivity contribution in [2.45, 2.75) is 140 Å². The third kappa shape index (κ3) is 10.3. The Morgan fingerprint density at radius 2 is 1.47 bits per heavy atom. The minimum absolute atomic E-state index is 0.0828. The average Bonchev–Trinajstić information content (AvgIpc) is 3.84. The summed E-state index contributed by atoms with van der Waals surface area (Å²) in [5, 5.41) is 8.13. The molecule has 6 rings (SSSR count). The molecular formula is C41H56F2N6O8. The molecule has 5 aliphatic rings. The van der Waals surface area contributed by atoms with Crippen molar-refractivity contribution in [2.24, 2.45) is 11.8 Å². The molecule has 4 heterocycles. The molecule has 1 saturated carbocycles. The number of piperidine rings is 1. The lowest BCUT2D eigenvalue weighted by molar-refractivity contribution is -0.158. The second-order valence-corrected chi connectivity index (χ2v) is 16.6. The fourth-order valence-corrected chi connectivity index (χ4v) is 9.24. The average molecular weight is 799 g/mol. The van der Waals surface area contributed by atoms with Crippen LogP contribution in [0.4, 0.5) is 8.78 Å². The van der Waals surface area contributed by atoms with E-state index in [0.717, 1.165) is 44.2 Å². The van der Waals surface area contributed by atoms with Crippen LogP contribution in [-0.2, 0) is 44.7 Å². The van der Waals surface area contributed by atoms with E-state index in [1.807, 2.05) is 6.92 Å². The summed E-state index contributed by atoms with van der Waals surface area (Å²) in [6, 6.07) is -3.94. The molecule has 1 aromatic carbocycles. The first-order chi connectivity index (χ1) is 27.3. The van der Waals surface area contributed by atoms with Crippen molar-refractivity contribution in [1.82, 2.24) is 30.7 Å². The summed E-state index contributed by atoms with van der Waals surface area (Å²) in [7, 11) is 0. The largest absolute Gasteiger partial charge is 0.461 e. The van der Waals surface area contributed by atoms with Crippen LogP contribution in [0.3, 0.4) is 0 Å². The monoisotopic (exact) mass is 798 g/mol. The maximum atomic E-state index is 14.5. The lowest BCUT2D eigenvalue weighted by Crippen LogP contribution is -2.62. The smallest absolute Gasteiger partial charge is 0.328 e. The van der Waals surface area contributed by atoms with E-state index < -0.39 is 95.9 Å². The van der Waals surface area contributed by atoms with Crippen molar-refractivity contribution in [3.05, 3.63) is 35.4 Å². The molecule has 5 fully saturated rings. The molecule has 4 saturated heterocycles. The molecule has 0 aromatic heterocycles. The van der Waals surface area contributed by atoms with Crippen LogP contribution < -0.4 is 16.0 Å². The Morgan fingerprint density at radius 3 is 2.21 bits per heavy atom. The molecule has 3 N–H and O–H groups in total. The number of carbonyl (C=O) groups is 7. The number of nitrogens with one attached hydrogen (secondary N) is 3. The summed E-state index contributed by atoms with van der Waals surface area (Å²) in [6.45, 7) is 3.43. The van der Waals surface area contributed by atoms with E-state index >= 15 is 0 Å². The predicted octanol–water partition coefficient (Wildman–Crippen LogP) is 2.51. The minimum Gasteiger partial charge on any atom is -0.461 e. The van der Waals surface area contributed by atoms with Crippen LogP contribution in [-0.4, -0.2) is 119 Å². The second kappa shape index (κ2) is 18.8. The fraction of sp³-hybridized carbons (Fsp3) is 0.683. The van der Waals surface area contributed by atoms with E-state index in [4.69, 9.17) is 4.74 Å². The number of cyclic esters (lactones) is 1. The molecule has 1 aliphatic carbocycles. The summed E-state index contributed by atoms with van der Waals surface area (Å²) < 4.78 is 34.3. The first-order valence-corrected chi connectivity index (χ1v) is 20.7. The molecule has 6 amide bonds. The van der Waals surface area contributed by atoms with Crippen LogP contribution in [0.5, 0.6) is 0 Å². The van der Waals surface area contributed by atoms with Crippen LogP contribution in [0, 0.1) is 23.5 Å². The van der Waals surface area contributed by atoms with Gasteiger partial charge < -0.3 is 35.4 Å². The van der Waals surface area contributed by atoms with Crippen molar-refractivity contribution in [2.75, 3.05) is 26.2 Å². The number of hydrogen-bond donors (Lipinski definition) is 3. The molecule has 14 nitrogen and oxygen atoms in total. The number of benzene rings is 1. The van der Waals surface area contributed by atoms with Gasteiger partial charge in [-0.25, -0.2) is 13.6 Å². The third-order valence-corrected chi connectivity index (χ3v) is 12.2. The number of esters is 1. The highest BCUT2D eigenvalue weighted by atomic mass is 19.1.